The van der Waals surface area contributed by atoms with Gasteiger partial charge in [0.15, 0.2) is 0 Å². The second-order valence-corrected chi connectivity index (χ2v) is 5.04. The molecule has 1 aromatic heterocycles. The van der Waals surface area contributed by atoms with Crippen molar-refractivity contribution >= 4 is 17.5 Å². The van der Waals surface area contributed by atoms with Gasteiger partial charge in [-0.05, 0) is 18.9 Å². The molecule has 1 aliphatic carbocycles. The first-order valence-electron chi connectivity index (χ1n) is 6.03. The van der Waals surface area contributed by atoms with Gasteiger partial charge in [-0.15, -0.1) is 11.6 Å². The molecule has 2 rings (SSSR count). The molecular formula is C12H18ClN3O. The molecule has 94 valence electrons. The Labute approximate surface area is 106 Å². The van der Waals surface area contributed by atoms with E-state index in [0.29, 0.717) is 11.6 Å². The van der Waals surface area contributed by atoms with Gasteiger partial charge in [0, 0.05) is 19.1 Å². The summed E-state index contributed by atoms with van der Waals surface area (Å²) in [5.74, 6) is 0.406. The summed E-state index contributed by atoms with van der Waals surface area (Å²) >= 11 is 6.05. The Morgan fingerprint density at radius 1 is 1.53 bits per heavy atom. The lowest BCUT2D eigenvalue weighted by Crippen LogP contribution is -2.51. The highest BCUT2D eigenvalue weighted by molar-refractivity contribution is 6.18. The standard InChI is InChI=1S/C12H18ClN3O/c1-16-10(5-8-14-16)11(17)15-12(9-13)6-3-2-4-7-12/h5,8H,2-4,6-7,9H2,1H3,(H,15,17). The molecule has 1 amide bonds. The largest absolute Gasteiger partial charge is 0.344 e. The van der Waals surface area contributed by atoms with Gasteiger partial charge < -0.3 is 5.32 Å². The van der Waals surface area contributed by atoms with Crippen LogP contribution in [0.25, 0.3) is 0 Å². The Bertz CT molecular complexity index is 396. The van der Waals surface area contributed by atoms with E-state index in [4.69, 9.17) is 11.6 Å². The lowest BCUT2D eigenvalue weighted by molar-refractivity contribution is 0.0875. The van der Waals surface area contributed by atoms with E-state index in [1.54, 1.807) is 24.0 Å². The van der Waals surface area contributed by atoms with Gasteiger partial charge in [-0.2, -0.15) is 5.10 Å². The number of nitrogens with zero attached hydrogens (tertiary/aromatic N) is 2. The summed E-state index contributed by atoms with van der Waals surface area (Å²) in [4.78, 5) is 12.1. The highest BCUT2D eigenvalue weighted by atomic mass is 35.5. The highest BCUT2D eigenvalue weighted by Crippen LogP contribution is 2.29. The minimum absolute atomic E-state index is 0.0763. The summed E-state index contributed by atoms with van der Waals surface area (Å²) in [6, 6.07) is 1.72. The van der Waals surface area contributed by atoms with Crippen molar-refractivity contribution < 1.29 is 4.79 Å². The van der Waals surface area contributed by atoms with E-state index < -0.39 is 0 Å². The normalized spacial score (nSPS) is 18.9. The molecule has 5 heteroatoms. The Hall–Kier alpha value is -1.03. The average Bonchev–Trinajstić information content (AvgIpc) is 2.77. The summed E-state index contributed by atoms with van der Waals surface area (Å²) < 4.78 is 1.58. The van der Waals surface area contributed by atoms with Gasteiger partial charge in [0.1, 0.15) is 5.69 Å². The molecule has 1 aromatic rings. The first-order chi connectivity index (χ1) is 8.17. The lowest BCUT2D eigenvalue weighted by Gasteiger charge is -2.36. The summed E-state index contributed by atoms with van der Waals surface area (Å²) in [5, 5.41) is 7.10. The van der Waals surface area contributed by atoms with Crippen LogP contribution in [0.4, 0.5) is 0 Å². The van der Waals surface area contributed by atoms with Gasteiger partial charge >= 0.3 is 0 Å². The monoisotopic (exact) mass is 255 g/mol. The smallest absolute Gasteiger partial charge is 0.270 e. The summed E-state index contributed by atoms with van der Waals surface area (Å²) in [7, 11) is 1.77. The predicted molar refractivity (Wildman–Crippen MR) is 67.2 cm³/mol. The van der Waals surface area contributed by atoms with Crippen LogP contribution in [0.3, 0.4) is 0 Å². The fraction of sp³-hybridized carbons (Fsp3) is 0.667. The molecule has 1 heterocycles. The first kappa shape index (κ1) is 12.4. The molecule has 1 aliphatic rings. The number of nitrogens with one attached hydrogen (secondary N) is 1. The van der Waals surface area contributed by atoms with Crippen LogP contribution in [0.5, 0.6) is 0 Å². The first-order valence-corrected chi connectivity index (χ1v) is 6.57. The van der Waals surface area contributed by atoms with Crippen LogP contribution < -0.4 is 5.32 Å². The number of hydrogen-bond donors (Lipinski definition) is 1. The van der Waals surface area contributed by atoms with Crippen molar-refractivity contribution in [2.24, 2.45) is 7.05 Å². The van der Waals surface area contributed by atoms with E-state index >= 15 is 0 Å². The van der Waals surface area contributed by atoms with Crippen molar-refractivity contribution in [1.29, 1.82) is 0 Å². The fourth-order valence-corrected chi connectivity index (χ4v) is 2.76. The summed E-state index contributed by atoms with van der Waals surface area (Å²) in [6.45, 7) is 0. The third-order valence-electron chi connectivity index (χ3n) is 3.50. The van der Waals surface area contributed by atoms with E-state index in [-0.39, 0.29) is 11.4 Å². The van der Waals surface area contributed by atoms with Crippen LogP contribution in [0.1, 0.15) is 42.6 Å². The quantitative estimate of drug-likeness (QED) is 0.841. The van der Waals surface area contributed by atoms with Crippen molar-refractivity contribution in [3.8, 4) is 0 Å². The van der Waals surface area contributed by atoms with E-state index in [1.165, 1.54) is 6.42 Å². The molecule has 4 nitrogen and oxygen atoms in total. The summed E-state index contributed by atoms with van der Waals surface area (Å²) in [5.41, 5.74) is 0.362. The Morgan fingerprint density at radius 3 is 2.76 bits per heavy atom. The number of rotatable bonds is 3. The maximum atomic E-state index is 12.1. The van der Waals surface area contributed by atoms with Crippen LogP contribution >= 0.6 is 11.6 Å². The lowest BCUT2D eigenvalue weighted by atomic mass is 9.83. The minimum atomic E-state index is -0.221. The second kappa shape index (κ2) is 5.08. The Balaban J connectivity index is 2.08. The van der Waals surface area contributed by atoms with Crippen LogP contribution in [-0.4, -0.2) is 27.1 Å². The third kappa shape index (κ3) is 2.63. The van der Waals surface area contributed by atoms with E-state index in [2.05, 4.69) is 10.4 Å². The maximum Gasteiger partial charge on any atom is 0.270 e. The topological polar surface area (TPSA) is 46.9 Å². The molecule has 0 spiro atoms. The van der Waals surface area contributed by atoms with Gasteiger partial charge in [0.2, 0.25) is 0 Å². The highest BCUT2D eigenvalue weighted by Gasteiger charge is 2.33. The molecule has 0 bridgehead atoms. The number of aryl methyl sites for hydroxylation is 1. The number of amides is 1. The minimum Gasteiger partial charge on any atom is -0.344 e. The average molecular weight is 256 g/mol. The molecule has 0 aromatic carbocycles. The number of hydrogen-bond acceptors (Lipinski definition) is 2. The van der Waals surface area contributed by atoms with Crippen LogP contribution in [0.2, 0.25) is 0 Å². The molecule has 0 saturated heterocycles. The van der Waals surface area contributed by atoms with Crippen LogP contribution in [0.15, 0.2) is 12.3 Å². The zero-order chi connectivity index (χ0) is 12.3. The summed E-state index contributed by atoms with van der Waals surface area (Å²) in [6.07, 6.45) is 7.08. The van der Waals surface area contributed by atoms with Crippen molar-refractivity contribution in [2.45, 2.75) is 37.6 Å². The van der Waals surface area contributed by atoms with E-state index in [0.717, 1.165) is 25.7 Å². The van der Waals surface area contributed by atoms with Gasteiger partial charge in [0.25, 0.3) is 5.91 Å². The van der Waals surface area contributed by atoms with Crippen molar-refractivity contribution in [2.75, 3.05) is 5.88 Å². The number of aromatic nitrogens is 2. The molecular weight excluding hydrogens is 238 g/mol. The molecule has 0 unspecified atom stereocenters. The Kier molecular flexibility index (Phi) is 3.72. The molecule has 0 atom stereocenters. The van der Waals surface area contributed by atoms with Gasteiger partial charge in [-0.3, -0.25) is 9.48 Å². The molecule has 0 aliphatic heterocycles. The van der Waals surface area contributed by atoms with E-state index in [1.807, 2.05) is 0 Å². The number of carbonyl (C=O) groups is 1. The van der Waals surface area contributed by atoms with Crippen molar-refractivity contribution in [3.05, 3.63) is 18.0 Å². The number of alkyl halides is 1. The fourth-order valence-electron chi connectivity index (χ4n) is 2.42. The molecule has 1 N–H and O–H groups in total. The zero-order valence-corrected chi connectivity index (χ0v) is 10.8. The van der Waals surface area contributed by atoms with Gasteiger partial charge in [-0.1, -0.05) is 19.3 Å². The zero-order valence-electron chi connectivity index (χ0n) is 10.1. The molecule has 17 heavy (non-hydrogen) atoms. The molecule has 1 fully saturated rings. The van der Waals surface area contributed by atoms with Crippen LogP contribution in [-0.2, 0) is 7.05 Å². The van der Waals surface area contributed by atoms with E-state index in [9.17, 15) is 4.79 Å². The van der Waals surface area contributed by atoms with Crippen molar-refractivity contribution in [1.82, 2.24) is 15.1 Å². The SMILES string of the molecule is Cn1nccc1C(=O)NC1(CCl)CCCCC1. The number of halogens is 1. The van der Waals surface area contributed by atoms with Gasteiger partial charge in [0.05, 0.1) is 5.54 Å². The molecule has 1 saturated carbocycles. The second-order valence-electron chi connectivity index (χ2n) is 4.77. The van der Waals surface area contributed by atoms with Gasteiger partial charge in [-0.25, -0.2) is 0 Å². The van der Waals surface area contributed by atoms with Crippen molar-refractivity contribution in [3.63, 3.8) is 0 Å². The molecule has 0 radical (unpaired) electrons. The maximum absolute atomic E-state index is 12.1. The number of carbonyl (C=O) groups excluding carboxylic acids is 1. The Morgan fingerprint density at radius 2 is 2.24 bits per heavy atom. The predicted octanol–water partition coefficient (Wildman–Crippen LogP) is 2.09. The third-order valence-corrected chi connectivity index (χ3v) is 4.01. The van der Waals surface area contributed by atoms with Crippen LogP contribution in [0, 0.1) is 0 Å².